The number of carbonyl (C=O) groups is 1. The minimum atomic E-state index is -0.575. The molecule has 3 rings (SSSR count). The van der Waals surface area contributed by atoms with Gasteiger partial charge in [-0.3, -0.25) is 9.20 Å². The number of anilines is 1. The molecule has 0 aliphatic heterocycles. The van der Waals surface area contributed by atoms with Crippen LogP contribution in [0.25, 0.3) is 16.8 Å². The van der Waals surface area contributed by atoms with Crippen LogP contribution >= 0.6 is 0 Å². The SMILES string of the molecule is COc1cccc(F)c1-c1cccn2c(N)c(C(=O)NCC#N)nc12. The summed E-state index contributed by atoms with van der Waals surface area (Å²) in [5.41, 5.74) is 6.94. The highest BCUT2D eigenvalue weighted by atomic mass is 19.1. The van der Waals surface area contributed by atoms with Crippen molar-refractivity contribution in [1.82, 2.24) is 14.7 Å². The van der Waals surface area contributed by atoms with Gasteiger partial charge in [-0.25, -0.2) is 9.37 Å². The first-order valence-corrected chi connectivity index (χ1v) is 7.33. The van der Waals surface area contributed by atoms with Gasteiger partial charge >= 0.3 is 0 Å². The number of carbonyl (C=O) groups excluding carboxylic acids is 1. The van der Waals surface area contributed by atoms with Gasteiger partial charge in [0.2, 0.25) is 0 Å². The summed E-state index contributed by atoms with van der Waals surface area (Å²) >= 11 is 0. The zero-order valence-corrected chi connectivity index (χ0v) is 13.3. The summed E-state index contributed by atoms with van der Waals surface area (Å²) in [4.78, 5) is 16.4. The van der Waals surface area contributed by atoms with Crippen LogP contribution in [0.4, 0.5) is 10.2 Å². The molecule has 2 heterocycles. The van der Waals surface area contributed by atoms with Crippen molar-refractivity contribution in [1.29, 1.82) is 5.26 Å². The standard InChI is InChI=1S/C17H14FN5O2/c1-25-12-6-2-5-11(18)13(12)10-4-3-9-23-15(20)14(22-16(10)23)17(24)21-8-7-19/h2-6,9H,8,20H2,1H3,(H,21,24). The molecule has 1 amide bonds. The van der Waals surface area contributed by atoms with Gasteiger partial charge in [-0.2, -0.15) is 5.26 Å². The molecule has 8 heteroatoms. The fraction of sp³-hybridized carbons (Fsp3) is 0.118. The summed E-state index contributed by atoms with van der Waals surface area (Å²) in [7, 11) is 1.44. The summed E-state index contributed by atoms with van der Waals surface area (Å²) in [6.07, 6.45) is 1.62. The number of methoxy groups -OCH3 is 1. The Morgan fingerprint density at radius 2 is 2.24 bits per heavy atom. The normalized spacial score (nSPS) is 10.4. The maximum Gasteiger partial charge on any atom is 0.274 e. The minimum Gasteiger partial charge on any atom is -0.496 e. The number of imidazole rings is 1. The minimum absolute atomic E-state index is 0.0296. The van der Waals surface area contributed by atoms with Gasteiger partial charge in [0.15, 0.2) is 5.69 Å². The van der Waals surface area contributed by atoms with Crippen LogP contribution in [0, 0.1) is 17.1 Å². The molecular weight excluding hydrogens is 325 g/mol. The number of hydrogen-bond donors (Lipinski definition) is 2. The Morgan fingerprint density at radius 1 is 1.44 bits per heavy atom. The fourth-order valence-electron chi connectivity index (χ4n) is 2.59. The van der Waals surface area contributed by atoms with Crippen molar-refractivity contribution in [2.45, 2.75) is 0 Å². The number of nitrogen functional groups attached to an aromatic ring is 1. The fourth-order valence-corrected chi connectivity index (χ4v) is 2.59. The van der Waals surface area contributed by atoms with E-state index in [9.17, 15) is 9.18 Å². The number of nitrogens with two attached hydrogens (primary N) is 1. The van der Waals surface area contributed by atoms with Crippen LogP contribution in [0.2, 0.25) is 0 Å². The Balaban J connectivity index is 2.23. The Hall–Kier alpha value is -3.60. The van der Waals surface area contributed by atoms with E-state index in [1.807, 2.05) is 6.07 Å². The Labute approximate surface area is 142 Å². The number of nitrogens with one attached hydrogen (secondary N) is 1. The van der Waals surface area contributed by atoms with Crippen molar-refractivity contribution in [2.75, 3.05) is 19.4 Å². The van der Waals surface area contributed by atoms with Gasteiger partial charge in [-0.15, -0.1) is 0 Å². The molecule has 126 valence electrons. The first-order chi connectivity index (χ1) is 12.1. The third kappa shape index (κ3) is 2.72. The average Bonchev–Trinajstić information content (AvgIpc) is 2.96. The third-order valence-corrected chi connectivity index (χ3v) is 3.69. The summed E-state index contributed by atoms with van der Waals surface area (Å²) < 4.78 is 21.2. The Bertz CT molecular complexity index is 1010. The van der Waals surface area contributed by atoms with Crippen LogP contribution in [0.3, 0.4) is 0 Å². The van der Waals surface area contributed by atoms with E-state index in [4.69, 9.17) is 15.7 Å². The predicted molar refractivity (Wildman–Crippen MR) is 89.5 cm³/mol. The van der Waals surface area contributed by atoms with E-state index < -0.39 is 11.7 Å². The summed E-state index contributed by atoms with van der Waals surface area (Å²) in [6, 6.07) is 9.63. The average molecular weight is 339 g/mol. The quantitative estimate of drug-likeness (QED) is 0.707. The number of ether oxygens (including phenoxy) is 1. The molecule has 0 saturated carbocycles. The number of amides is 1. The van der Waals surface area contributed by atoms with Gasteiger partial charge in [0.1, 0.15) is 29.6 Å². The lowest BCUT2D eigenvalue weighted by Crippen LogP contribution is -2.24. The van der Waals surface area contributed by atoms with Gasteiger partial charge < -0.3 is 15.8 Å². The zero-order valence-electron chi connectivity index (χ0n) is 13.3. The Kier molecular flexibility index (Phi) is 4.22. The smallest absolute Gasteiger partial charge is 0.274 e. The molecule has 3 N–H and O–H groups in total. The topological polar surface area (TPSA) is 105 Å². The number of rotatable bonds is 4. The molecule has 3 aromatic rings. The van der Waals surface area contributed by atoms with Crippen molar-refractivity contribution in [3.63, 3.8) is 0 Å². The number of benzene rings is 1. The first-order valence-electron chi connectivity index (χ1n) is 7.33. The molecule has 0 unspecified atom stereocenters. The molecule has 7 nitrogen and oxygen atoms in total. The molecule has 2 aromatic heterocycles. The van der Waals surface area contributed by atoms with Crippen LogP contribution in [-0.2, 0) is 0 Å². The van der Waals surface area contributed by atoms with E-state index in [-0.39, 0.29) is 23.6 Å². The molecule has 0 bridgehead atoms. The second-order valence-corrected chi connectivity index (χ2v) is 5.12. The molecular formula is C17H14FN5O2. The molecule has 0 fully saturated rings. The van der Waals surface area contributed by atoms with Crippen molar-refractivity contribution in [3.8, 4) is 22.9 Å². The molecule has 0 aliphatic rings. The van der Waals surface area contributed by atoms with Gasteiger partial charge in [-0.05, 0) is 24.3 Å². The van der Waals surface area contributed by atoms with E-state index in [0.717, 1.165) is 0 Å². The number of nitrogens with zero attached hydrogens (tertiary/aromatic N) is 3. The summed E-state index contributed by atoms with van der Waals surface area (Å²) in [5, 5.41) is 11.0. The van der Waals surface area contributed by atoms with E-state index >= 15 is 0 Å². The van der Waals surface area contributed by atoms with Gasteiger partial charge in [0, 0.05) is 11.8 Å². The first kappa shape index (κ1) is 16.3. The van der Waals surface area contributed by atoms with Crippen LogP contribution in [-0.4, -0.2) is 28.9 Å². The molecule has 0 radical (unpaired) electrons. The van der Waals surface area contributed by atoms with Gasteiger partial charge in [-0.1, -0.05) is 6.07 Å². The number of hydrogen-bond acceptors (Lipinski definition) is 5. The number of pyridine rings is 1. The monoisotopic (exact) mass is 339 g/mol. The van der Waals surface area contributed by atoms with Gasteiger partial charge in [0.05, 0.1) is 18.7 Å². The molecule has 25 heavy (non-hydrogen) atoms. The number of nitriles is 1. The van der Waals surface area contributed by atoms with Crippen LogP contribution in [0.1, 0.15) is 10.5 Å². The van der Waals surface area contributed by atoms with Crippen molar-refractivity contribution >= 4 is 17.4 Å². The summed E-state index contributed by atoms with van der Waals surface area (Å²) in [5.74, 6) is -0.619. The van der Waals surface area contributed by atoms with E-state index in [1.54, 1.807) is 30.5 Å². The third-order valence-electron chi connectivity index (χ3n) is 3.69. The molecule has 1 aromatic carbocycles. The van der Waals surface area contributed by atoms with E-state index in [1.165, 1.54) is 17.6 Å². The van der Waals surface area contributed by atoms with E-state index in [0.29, 0.717) is 17.0 Å². The second kappa shape index (κ2) is 6.49. The molecule has 0 aliphatic carbocycles. The highest BCUT2D eigenvalue weighted by molar-refractivity contribution is 5.99. The predicted octanol–water partition coefficient (Wildman–Crippen LogP) is 1.98. The van der Waals surface area contributed by atoms with Crippen molar-refractivity contribution in [3.05, 3.63) is 48.0 Å². The lowest BCUT2D eigenvalue weighted by molar-refractivity contribution is 0.0955. The van der Waals surface area contributed by atoms with Crippen LogP contribution in [0.5, 0.6) is 5.75 Å². The lowest BCUT2D eigenvalue weighted by atomic mass is 10.1. The Morgan fingerprint density at radius 3 is 2.96 bits per heavy atom. The molecule has 0 saturated heterocycles. The number of aromatic nitrogens is 2. The molecule has 0 spiro atoms. The van der Waals surface area contributed by atoms with Crippen LogP contribution in [0.15, 0.2) is 36.5 Å². The largest absolute Gasteiger partial charge is 0.496 e. The summed E-state index contributed by atoms with van der Waals surface area (Å²) in [6.45, 7) is -0.167. The van der Waals surface area contributed by atoms with Crippen molar-refractivity contribution < 1.29 is 13.9 Å². The second-order valence-electron chi connectivity index (χ2n) is 5.12. The highest BCUT2D eigenvalue weighted by Gasteiger charge is 2.21. The maximum atomic E-state index is 14.4. The van der Waals surface area contributed by atoms with Crippen LogP contribution < -0.4 is 15.8 Å². The zero-order chi connectivity index (χ0) is 18.0. The molecule has 0 atom stereocenters. The van der Waals surface area contributed by atoms with E-state index in [2.05, 4.69) is 10.3 Å². The van der Waals surface area contributed by atoms with Crippen molar-refractivity contribution in [2.24, 2.45) is 0 Å². The lowest BCUT2D eigenvalue weighted by Gasteiger charge is -2.10. The maximum absolute atomic E-state index is 14.4. The number of fused-ring (bicyclic) bond motifs is 1. The van der Waals surface area contributed by atoms with Gasteiger partial charge in [0.25, 0.3) is 5.91 Å². The number of halogens is 1. The highest BCUT2D eigenvalue weighted by Crippen LogP contribution is 2.35.